The van der Waals surface area contributed by atoms with Gasteiger partial charge in [-0.1, -0.05) is 13.8 Å². The number of anilines is 1. The minimum absolute atomic E-state index is 0.104. The van der Waals surface area contributed by atoms with Crippen molar-refractivity contribution in [2.24, 2.45) is 5.41 Å². The van der Waals surface area contributed by atoms with Crippen molar-refractivity contribution in [1.29, 1.82) is 0 Å². The molecule has 1 fully saturated rings. The molecule has 0 aromatic carbocycles. The highest BCUT2D eigenvalue weighted by Gasteiger charge is 2.47. The number of aliphatic hydroxyl groups is 1. The number of aromatic nitrogens is 1. The summed E-state index contributed by atoms with van der Waals surface area (Å²) in [5, 5.41) is 14.1. The van der Waals surface area contributed by atoms with Gasteiger partial charge in [0.05, 0.1) is 17.8 Å². The third-order valence-electron chi connectivity index (χ3n) is 3.91. The van der Waals surface area contributed by atoms with E-state index in [2.05, 4.69) is 24.1 Å². The van der Waals surface area contributed by atoms with Crippen LogP contribution < -0.4 is 5.32 Å². The topological polar surface area (TPSA) is 58.3 Å². The number of hydrogen-bond donors (Lipinski definition) is 2. The molecule has 0 bridgehead atoms. The van der Waals surface area contributed by atoms with E-state index in [-0.39, 0.29) is 17.6 Å². The second-order valence-corrected chi connectivity index (χ2v) is 5.26. The molecule has 0 aliphatic heterocycles. The van der Waals surface area contributed by atoms with Crippen molar-refractivity contribution in [3.05, 3.63) is 24.6 Å². The average molecular weight is 232 g/mol. The van der Waals surface area contributed by atoms with Crippen LogP contribution in [0.3, 0.4) is 0 Å². The molecule has 3 rings (SSSR count). The van der Waals surface area contributed by atoms with Crippen molar-refractivity contribution in [2.45, 2.75) is 32.4 Å². The maximum Gasteiger partial charge on any atom is 0.139 e. The molecular weight excluding hydrogens is 216 g/mol. The summed E-state index contributed by atoms with van der Waals surface area (Å²) in [5.41, 5.74) is 0.730. The van der Waals surface area contributed by atoms with E-state index >= 15 is 0 Å². The van der Waals surface area contributed by atoms with Gasteiger partial charge in [0.1, 0.15) is 11.4 Å². The van der Waals surface area contributed by atoms with Crippen molar-refractivity contribution in [3.63, 3.8) is 0 Å². The first-order chi connectivity index (χ1) is 8.09. The van der Waals surface area contributed by atoms with Crippen molar-refractivity contribution in [2.75, 3.05) is 5.32 Å². The van der Waals surface area contributed by atoms with E-state index in [1.54, 1.807) is 12.5 Å². The zero-order valence-corrected chi connectivity index (χ0v) is 9.97. The lowest BCUT2D eigenvalue weighted by molar-refractivity contribution is -0.0511. The van der Waals surface area contributed by atoms with E-state index in [1.165, 1.54) is 0 Å². The maximum absolute atomic E-state index is 9.72. The molecule has 1 aliphatic carbocycles. The van der Waals surface area contributed by atoms with Gasteiger partial charge < -0.3 is 14.8 Å². The lowest BCUT2D eigenvalue weighted by Gasteiger charge is -2.49. The van der Waals surface area contributed by atoms with E-state index in [4.69, 9.17) is 4.42 Å². The molecule has 1 saturated carbocycles. The van der Waals surface area contributed by atoms with Gasteiger partial charge in [0.15, 0.2) is 0 Å². The zero-order chi connectivity index (χ0) is 12.0. The first-order valence-corrected chi connectivity index (χ1v) is 5.86. The Kier molecular flexibility index (Phi) is 2.16. The fourth-order valence-corrected chi connectivity index (χ4v) is 2.32. The van der Waals surface area contributed by atoms with E-state index in [1.807, 2.05) is 12.1 Å². The Morgan fingerprint density at radius 1 is 1.47 bits per heavy atom. The second-order valence-electron chi connectivity index (χ2n) is 5.26. The molecule has 0 spiro atoms. The van der Waals surface area contributed by atoms with E-state index < -0.39 is 0 Å². The standard InChI is InChI=1S/C13H16N2O2/c1-13(2)10(7-11(13)16)15-12-8-4-6-17-9(8)3-5-14-12/h3-6,10-11,16H,7H2,1-2H3,(H,14,15). The number of hydrogen-bond acceptors (Lipinski definition) is 4. The highest BCUT2D eigenvalue weighted by atomic mass is 16.3. The highest BCUT2D eigenvalue weighted by Crippen LogP contribution is 2.42. The van der Waals surface area contributed by atoms with Crippen LogP contribution >= 0.6 is 0 Å². The molecule has 0 saturated heterocycles. The highest BCUT2D eigenvalue weighted by molar-refractivity contribution is 5.88. The minimum Gasteiger partial charge on any atom is -0.464 e. The van der Waals surface area contributed by atoms with E-state index in [0.29, 0.717) is 0 Å². The lowest BCUT2D eigenvalue weighted by atomic mass is 9.64. The number of rotatable bonds is 2. The average Bonchev–Trinajstić information content (AvgIpc) is 2.77. The summed E-state index contributed by atoms with van der Waals surface area (Å²) >= 11 is 0. The van der Waals surface area contributed by atoms with Gasteiger partial charge in [-0.3, -0.25) is 0 Å². The Bertz CT molecular complexity index is 547. The van der Waals surface area contributed by atoms with Crippen LogP contribution in [0.1, 0.15) is 20.3 Å². The first-order valence-electron chi connectivity index (χ1n) is 5.86. The third-order valence-corrected chi connectivity index (χ3v) is 3.91. The molecule has 0 radical (unpaired) electrons. The van der Waals surface area contributed by atoms with Gasteiger partial charge in [-0.2, -0.15) is 0 Å². The number of nitrogens with one attached hydrogen (secondary N) is 1. The van der Waals surface area contributed by atoms with E-state index in [0.717, 1.165) is 23.2 Å². The van der Waals surface area contributed by atoms with Crippen LogP contribution in [-0.4, -0.2) is 22.2 Å². The molecule has 2 atom stereocenters. The van der Waals surface area contributed by atoms with Crippen LogP contribution in [0.4, 0.5) is 5.82 Å². The maximum atomic E-state index is 9.72. The number of furan rings is 1. The monoisotopic (exact) mass is 232 g/mol. The van der Waals surface area contributed by atoms with Gasteiger partial charge in [-0.05, 0) is 18.6 Å². The SMILES string of the molecule is CC1(C)C(O)CC1Nc1nccc2occc12. The molecule has 4 nitrogen and oxygen atoms in total. The summed E-state index contributed by atoms with van der Waals surface area (Å²) in [5.74, 6) is 0.834. The third kappa shape index (κ3) is 1.52. The number of nitrogens with zero attached hydrogens (tertiary/aromatic N) is 1. The van der Waals surface area contributed by atoms with Crippen molar-refractivity contribution < 1.29 is 9.52 Å². The summed E-state index contributed by atoms with van der Waals surface area (Å²) in [6, 6.07) is 4.01. The quantitative estimate of drug-likeness (QED) is 0.834. The summed E-state index contributed by atoms with van der Waals surface area (Å²) in [6.45, 7) is 4.13. The van der Waals surface area contributed by atoms with Crippen LogP contribution in [0, 0.1) is 5.41 Å². The number of fused-ring (bicyclic) bond motifs is 1. The predicted molar refractivity (Wildman–Crippen MR) is 65.8 cm³/mol. The molecule has 2 aromatic heterocycles. The summed E-state index contributed by atoms with van der Waals surface area (Å²) in [7, 11) is 0. The van der Waals surface area contributed by atoms with Crippen molar-refractivity contribution in [3.8, 4) is 0 Å². The normalized spacial score (nSPS) is 26.8. The van der Waals surface area contributed by atoms with Gasteiger partial charge >= 0.3 is 0 Å². The fraction of sp³-hybridized carbons (Fsp3) is 0.462. The molecular formula is C13H16N2O2. The van der Waals surface area contributed by atoms with Crippen molar-refractivity contribution >= 4 is 16.8 Å². The summed E-state index contributed by atoms with van der Waals surface area (Å²) < 4.78 is 5.34. The largest absolute Gasteiger partial charge is 0.464 e. The van der Waals surface area contributed by atoms with Crippen molar-refractivity contribution in [1.82, 2.24) is 4.98 Å². The summed E-state index contributed by atoms with van der Waals surface area (Å²) in [4.78, 5) is 4.34. The molecule has 2 heterocycles. The molecule has 17 heavy (non-hydrogen) atoms. The molecule has 1 aliphatic rings. The molecule has 2 unspecified atom stereocenters. The van der Waals surface area contributed by atoms with Crippen LogP contribution in [0.25, 0.3) is 11.0 Å². The Labute approximate surface area is 99.7 Å². The van der Waals surface area contributed by atoms with Gasteiger partial charge in [-0.25, -0.2) is 4.98 Å². The van der Waals surface area contributed by atoms with E-state index in [9.17, 15) is 5.11 Å². The van der Waals surface area contributed by atoms with Crippen LogP contribution in [0.15, 0.2) is 29.0 Å². The van der Waals surface area contributed by atoms with Gasteiger partial charge in [-0.15, -0.1) is 0 Å². The Morgan fingerprint density at radius 2 is 2.29 bits per heavy atom. The molecule has 90 valence electrons. The zero-order valence-electron chi connectivity index (χ0n) is 9.97. The molecule has 0 amide bonds. The number of pyridine rings is 1. The Balaban J connectivity index is 1.89. The Hall–Kier alpha value is -1.55. The Morgan fingerprint density at radius 3 is 3.00 bits per heavy atom. The van der Waals surface area contributed by atoms with Crippen LogP contribution in [0.5, 0.6) is 0 Å². The van der Waals surface area contributed by atoms with Gasteiger partial charge in [0, 0.05) is 17.7 Å². The smallest absolute Gasteiger partial charge is 0.139 e. The lowest BCUT2D eigenvalue weighted by Crippen LogP contribution is -2.57. The molecule has 2 aromatic rings. The predicted octanol–water partition coefficient (Wildman–Crippen LogP) is 2.40. The van der Waals surface area contributed by atoms with Crippen LogP contribution in [0.2, 0.25) is 0 Å². The summed E-state index contributed by atoms with van der Waals surface area (Å²) in [6.07, 6.45) is 3.93. The minimum atomic E-state index is -0.233. The molecule has 4 heteroatoms. The fourth-order valence-electron chi connectivity index (χ4n) is 2.32. The van der Waals surface area contributed by atoms with Gasteiger partial charge in [0.25, 0.3) is 0 Å². The first kappa shape index (κ1) is 10.6. The second kappa shape index (κ2) is 3.47. The molecule has 2 N–H and O–H groups in total. The van der Waals surface area contributed by atoms with Gasteiger partial charge in [0.2, 0.25) is 0 Å². The van der Waals surface area contributed by atoms with Crippen LogP contribution in [-0.2, 0) is 0 Å². The number of aliphatic hydroxyl groups excluding tert-OH is 1.